The molecule has 0 amide bonds. The highest BCUT2D eigenvalue weighted by Gasteiger charge is 2.16. The number of hydrogen-bond acceptors (Lipinski definition) is 5. The molecule has 2 aromatic carbocycles. The summed E-state index contributed by atoms with van der Waals surface area (Å²) in [6.07, 6.45) is 6.12. The van der Waals surface area contributed by atoms with Crippen LogP contribution in [0.5, 0.6) is 5.88 Å². The van der Waals surface area contributed by atoms with E-state index in [1.807, 2.05) is 25.1 Å². The van der Waals surface area contributed by atoms with E-state index in [-0.39, 0.29) is 11.4 Å². The van der Waals surface area contributed by atoms with Gasteiger partial charge in [-0.3, -0.25) is 9.78 Å². The van der Waals surface area contributed by atoms with Crippen LogP contribution in [-0.2, 0) is 0 Å². The topological polar surface area (TPSA) is 80.4 Å². The minimum Gasteiger partial charge on any atom is -0.494 e. The van der Waals surface area contributed by atoms with Gasteiger partial charge in [0.2, 0.25) is 5.88 Å². The molecule has 1 N–H and O–H groups in total. The largest absolute Gasteiger partial charge is 0.494 e. The first-order valence-corrected chi connectivity index (χ1v) is 8.39. The maximum atomic E-state index is 13.0. The molecule has 4 aromatic rings. The first-order valence-electron chi connectivity index (χ1n) is 8.39. The number of aliphatic imine (C=N–C) groups is 1. The average Bonchev–Trinajstić information content (AvgIpc) is 2.70. The zero-order valence-electron chi connectivity index (χ0n) is 14.6. The molecule has 27 heavy (non-hydrogen) atoms. The molecule has 0 atom stereocenters. The third kappa shape index (κ3) is 3.08. The molecular weight excluding hydrogens is 340 g/mol. The molecule has 2 heterocycles. The molecule has 6 nitrogen and oxygen atoms in total. The highest BCUT2D eigenvalue weighted by molar-refractivity contribution is 6.02. The summed E-state index contributed by atoms with van der Waals surface area (Å²) >= 11 is 0. The number of benzene rings is 2. The summed E-state index contributed by atoms with van der Waals surface area (Å²) < 4.78 is 1.29. The van der Waals surface area contributed by atoms with E-state index in [1.54, 1.807) is 36.5 Å². The van der Waals surface area contributed by atoms with Crippen LogP contribution < -0.4 is 5.56 Å². The van der Waals surface area contributed by atoms with E-state index in [2.05, 4.69) is 15.0 Å². The van der Waals surface area contributed by atoms with Crippen LogP contribution >= 0.6 is 0 Å². The molecule has 4 rings (SSSR count). The van der Waals surface area contributed by atoms with Crippen molar-refractivity contribution in [3.63, 3.8) is 0 Å². The second-order valence-corrected chi connectivity index (χ2v) is 6.08. The van der Waals surface area contributed by atoms with Crippen LogP contribution in [0.25, 0.3) is 16.5 Å². The standard InChI is InChI=1S/C21H16N4O2/c1-14-6-8-15(9-7-14)25-20(26)17-5-3-2-4-16(17)18(21(25)27)12-24-19-13-22-10-11-23-19/h2-13,27H,1H3. The number of aromatic hydroxyl groups is 1. The zero-order chi connectivity index (χ0) is 18.8. The predicted octanol–water partition coefficient (Wildman–Crippen LogP) is 3.55. The quantitative estimate of drug-likeness (QED) is 0.569. The first kappa shape index (κ1) is 16.7. The van der Waals surface area contributed by atoms with Gasteiger partial charge in [0.1, 0.15) is 0 Å². The molecule has 0 saturated heterocycles. The van der Waals surface area contributed by atoms with Gasteiger partial charge in [0.25, 0.3) is 5.56 Å². The van der Waals surface area contributed by atoms with E-state index in [4.69, 9.17) is 0 Å². The van der Waals surface area contributed by atoms with E-state index < -0.39 is 0 Å². The lowest BCUT2D eigenvalue weighted by molar-refractivity contribution is 0.436. The fourth-order valence-corrected chi connectivity index (χ4v) is 2.91. The minimum absolute atomic E-state index is 0.171. The van der Waals surface area contributed by atoms with Crippen molar-refractivity contribution in [1.29, 1.82) is 0 Å². The molecule has 0 saturated carbocycles. The van der Waals surface area contributed by atoms with Crippen LogP contribution in [0.1, 0.15) is 11.1 Å². The maximum Gasteiger partial charge on any atom is 0.265 e. The summed E-state index contributed by atoms with van der Waals surface area (Å²) in [6.45, 7) is 1.96. The van der Waals surface area contributed by atoms with E-state index in [1.165, 1.54) is 23.2 Å². The number of pyridine rings is 1. The van der Waals surface area contributed by atoms with Gasteiger partial charge in [0.15, 0.2) is 5.82 Å². The van der Waals surface area contributed by atoms with Gasteiger partial charge in [-0.05, 0) is 25.1 Å². The highest BCUT2D eigenvalue weighted by atomic mass is 16.3. The Balaban J connectivity index is 1.99. The number of nitrogens with zero attached hydrogens (tertiary/aromatic N) is 4. The fourth-order valence-electron chi connectivity index (χ4n) is 2.91. The monoisotopic (exact) mass is 356 g/mol. The molecule has 0 aliphatic carbocycles. The molecule has 0 aliphatic rings. The van der Waals surface area contributed by atoms with E-state index in [0.717, 1.165) is 5.56 Å². The van der Waals surface area contributed by atoms with Crippen LogP contribution in [0.2, 0.25) is 0 Å². The van der Waals surface area contributed by atoms with Gasteiger partial charge in [-0.15, -0.1) is 0 Å². The first-order chi connectivity index (χ1) is 13.1. The highest BCUT2D eigenvalue weighted by Crippen LogP contribution is 2.26. The van der Waals surface area contributed by atoms with Crippen molar-refractivity contribution in [2.45, 2.75) is 6.92 Å². The van der Waals surface area contributed by atoms with Crippen LogP contribution in [0.15, 0.2) is 76.9 Å². The van der Waals surface area contributed by atoms with Crippen molar-refractivity contribution in [1.82, 2.24) is 14.5 Å². The van der Waals surface area contributed by atoms with E-state index in [9.17, 15) is 9.90 Å². The Labute approximate surface area is 155 Å². The molecule has 0 unspecified atom stereocenters. The molecule has 6 heteroatoms. The molecule has 0 aliphatic heterocycles. The number of fused-ring (bicyclic) bond motifs is 1. The SMILES string of the molecule is Cc1ccc(-n2c(O)c(C=Nc3cnccn3)c3ccccc3c2=O)cc1. The molecular formula is C21H16N4O2. The van der Waals surface area contributed by atoms with Crippen molar-refractivity contribution in [2.24, 2.45) is 4.99 Å². The Kier molecular flexibility index (Phi) is 4.22. The van der Waals surface area contributed by atoms with Crippen LogP contribution in [-0.4, -0.2) is 25.9 Å². The Hall–Kier alpha value is -3.80. The molecule has 0 bridgehead atoms. The van der Waals surface area contributed by atoms with Gasteiger partial charge >= 0.3 is 0 Å². The van der Waals surface area contributed by atoms with Gasteiger partial charge in [-0.25, -0.2) is 14.5 Å². The summed E-state index contributed by atoms with van der Waals surface area (Å²) in [5.41, 5.74) is 1.81. The Morgan fingerprint density at radius 1 is 1.04 bits per heavy atom. The van der Waals surface area contributed by atoms with E-state index >= 15 is 0 Å². The Morgan fingerprint density at radius 2 is 1.78 bits per heavy atom. The predicted molar refractivity (Wildman–Crippen MR) is 105 cm³/mol. The van der Waals surface area contributed by atoms with Crippen molar-refractivity contribution < 1.29 is 5.11 Å². The normalized spacial score (nSPS) is 11.3. The van der Waals surface area contributed by atoms with Crippen LogP contribution in [0.3, 0.4) is 0 Å². The van der Waals surface area contributed by atoms with Gasteiger partial charge in [0.05, 0.1) is 17.4 Å². The summed E-state index contributed by atoms with van der Waals surface area (Å²) in [6, 6.07) is 14.5. The van der Waals surface area contributed by atoms with Gasteiger partial charge < -0.3 is 5.11 Å². The summed E-state index contributed by atoms with van der Waals surface area (Å²) in [7, 11) is 0. The van der Waals surface area contributed by atoms with Crippen molar-refractivity contribution in [3.8, 4) is 11.6 Å². The van der Waals surface area contributed by atoms with Crippen LogP contribution in [0, 0.1) is 6.92 Å². The second kappa shape index (κ2) is 6.84. The number of aryl methyl sites for hydroxylation is 1. The smallest absolute Gasteiger partial charge is 0.265 e. The van der Waals surface area contributed by atoms with Gasteiger partial charge in [-0.1, -0.05) is 35.9 Å². The van der Waals surface area contributed by atoms with Gasteiger partial charge in [0, 0.05) is 29.4 Å². The fraction of sp³-hybridized carbons (Fsp3) is 0.0476. The maximum absolute atomic E-state index is 13.0. The lowest BCUT2D eigenvalue weighted by Gasteiger charge is -2.13. The number of rotatable bonds is 3. The molecule has 2 aromatic heterocycles. The molecule has 0 fully saturated rings. The third-order valence-corrected chi connectivity index (χ3v) is 4.27. The summed E-state index contributed by atoms with van der Waals surface area (Å²) in [5.74, 6) is 0.240. The Bertz CT molecular complexity index is 1200. The second-order valence-electron chi connectivity index (χ2n) is 6.08. The zero-order valence-corrected chi connectivity index (χ0v) is 14.6. The number of aromatic nitrogens is 3. The van der Waals surface area contributed by atoms with Crippen LogP contribution in [0.4, 0.5) is 5.82 Å². The molecule has 0 radical (unpaired) electrons. The number of hydrogen-bond donors (Lipinski definition) is 1. The van der Waals surface area contributed by atoms with E-state index in [0.29, 0.717) is 27.8 Å². The van der Waals surface area contributed by atoms with Crippen molar-refractivity contribution in [2.75, 3.05) is 0 Å². The van der Waals surface area contributed by atoms with Crippen molar-refractivity contribution in [3.05, 3.63) is 88.6 Å². The summed E-state index contributed by atoms with van der Waals surface area (Å²) in [4.78, 5) is 25.4. The lowest BCUT2D eigenvalue weighted by atomic mass is 10.1. The van der Waals surface area contributed by atoms with Crippen molar-refractivity contribution >= 4 is 22.8 Å². The average molecular weight is 356 g/mol. The van der Waals surface area contributed by atoms with Gasteiger partial charge in [-0.2, -0.15) is 0 Å². The third-order valence-electron chi connectivity index (χ3n) is 4.27. The lowest BCUT2D eigenvalue weighted by Crippen LogP contribution is -2.20. The summed E-state index contributed by atoms with van der Waals surface area (Å²) in [5, 5.41) is 12.0. The molecule has 0 spiro atoms. The molecule has 132 valence electrons. The Morgan fingerprint density at radius 3 is 2.48 bits per heavy atom. The minimum atomic E-state index is -0.288.